The first-order chi connectivity index (χ1) is 20.6. The summed E-state index contributed by atoms with van der Waals surface area (Å²) in [7, 11) is 6.29. The number of aliphatic hydroxyl groups is 4. The quantitative estimate of drug-likeness (QED) is 0.287. The number of carbonyl (C=O) groups is 1. The van der Waals surface area contributed by atoms with Crippen LogP contribution in [0.5, 0.6) is 0 Å². The molecule has 246 valence electrons. The summed E-state index contributed by atoms with van der Waals surface area (Å²) in [6.07, 6.45) is -5.27. The van der Waals surface area contributed by atoms with E-state index in [0.717, 1.165) is 0 Å². The van der Waals surface area contributed by atoms with Gasteiger partial charge in [-0.05, 0) is 31.0 Å². The van der Waals surface area contributed by atoms with Crippen molar-refractivity contribution in [3.63, 3.8) is 0 Å². The van der Waals surface area contributed by atoms with Crippen LogP contribution in [0, 0.1) is 34.5 Å². The zero-order chi connectivity index (χ0) is 30.7. The Morgan fingerprint density at radius 1 is 1.00 bits per heavy atom. The van der Waals surface area contributed by atoms with Crippen molar-refractivity contribution in [1.82, 2.24) is 4.90 Å². The number of likely N-dealkylation sites (tertiary alicyclic amines) is 1. The lowest BCUT2D eigenvalue weighted by Gasteiger charge is -2.70. The maximum Gasteiger partial charge on any atom is 0.338 e. The minimum absolute atomic E-state index is 0. The zero-order valence-electron chi connectivity index (χ0n) is 25.9. The average molecular weight is 685 g/mol. The SMILES string of the molecule is Br.CCN1C[C@]2(COC)[C@H](O)C[C@H](OC)[C@]34C1[C@H]([C@H](OC)[C@H]23)[C@]1(O)[C@H]2[C@@H](OC(=O)c3ccccc3)[C@](O)(C[C@H]24)[C@@H](OC)[C@@H]1O. The standard InChI is InChI=1S/C32H45NO10.BrH/c1-6-33-14-29(15-39-2)18(34)12-19(40-3)31-17-13-30(37)26(43-28(36)16-10-8-7-9-11-16)20(17)32(38,25(35)27(30)42-5)21(24(31)33)22(41-4)23(29)31;/h7-11,17-27,34-35,37-38H,6,12-15H2,1-5H3;1H/t17-,18-,19+,20-,21+,22+,23-,24?,25+,26-,27+,29+,30-,31+,32-;/m1./s1. The molecular formula is C32H46BrNO10. The lowest BCUT2D eigenvalue weighted by Crippen LogP contribution is -2.81. The van der Waals surface area contributed by atoms with E-state index in [0.29, 0.717) is 25.1 Å². The second kappa shape index (κ2) is 10.9. The molecular weight excluding hydrogens is 638 g/mol. The van der Waals surface area contributed by atoms with Crippen molar-refractivity contribution in [2.24, 2.45) is 34.5 Å². The molecule has 1 aromatic carbocycles. The van der Waals surface area contributed by atoms with Crippen molar-refractivity contribution in [3.05, 3.63) is 35.9 Å². The summed E-state index contributed by atoms with van der Waals surface area (Å²) in [6, 6.07) is 8.25. The monoisotopic (exact) mass is 683 g/mol. The highest BCUT2D eigenvalue weighted by Gasteiger charge is 2.91. The van der Waals surface area contributed by atoms with Crippen LogP contribution < -0.4 is 0 Å². The van der Waals surface area contributed by atoms with Gasteiger partial charge in [0.05, 0.1) is 30.5 Å². The molecule has 15 atom stereocenters. The molecule has 6 fully saturated rings. The summed E-state index contributed by atoms with van der Waals surface area (Å²) in [4.78, 5) is 15.8. The van der Waals surface area contributed by atoms with Gasteiger partial charge in [-0.2, -0.15) is 0 Å². The van der Waals surface area contributed by atoms with Crippen LogP contribution in [0.3, 0.4) is 0 Å². The molecule has 1 saturated heterocycles. The molecule has 5 saturated carbocycles. The van der Waals surface area contributed by atoms with Gasteiger partial charge in [0.2, 0.25) is 0 Å². The van der Waals surface area contributed by atoms with Crippen LogP contribution in [0.15, 0.2) is 30.3 Å². The normalized spacial score (nSPS) is 51.5. The van der Waals surface area contributed by atoms with E-state index < -0.39 is 82.4 Å². The van der Waals surface area contributed by atoms with Crippen LogP contribution >= 0.6 is 17.0 Å². The van der Waals surface area contributed by atoms with E-state index in [1.807, 2.05) is 0 Å². The minimum atomic E-state index is -1.86. The average Bonchev–Trinajstić information content (AvgIpc) is 3.39. The molecule has 1 aliphatic heterocycles. The Hall–Kier alpha value is -1.19. The lowest BCUT2D eigenvalue weighted by atomic mass is 9.42. The minimum Gasteiger partial charge on any atom is -0.455 e. The number of halogens is 1. The molecule has 4 N–H and O–H groups in total. The number of fused-ring (bicyclic) bond motifs is 2. The Balaban J connectivity index is 0.00000343. The first kappa shape index (κ1) is 32.7. The topological polar surface area (TPSA) is 147 Å². The highest BCUT2D eigenvalue weighted by atomic mass is 79.9. The number of nitrogens with zero attached hydrogens (tertiary/aromatic N) is 1. The molecule has 1 unspecified atom stereocenters. The van der Waals surface area contributed by atoms with E-state index in [2.05, 4.69) is 11.8 Å². The van der Waals surface area contributed by atoms with Crippen molar-refractivity contribution >= 4 is 23.0 Å². The number of aliphatic hydroxyl groups excluding tert-OH is 2. The summed E-state index contributed by atoms with van der Waals surface area (Å²) in [5, 5.41) is 49.7. The van der Waals surface area contributed by atoms with Crippen molar-refractivity contribution < 1.29 is 48.9 Å². The van der Waals surface area contributed by atoms with Gasteiger partial charge in [0.25, 0.3) is 0 Å². The van der Waals surface area contributed by atoms with Gasteiger partial charge in [0, 0.05) is 76.0 Å². The van der Waals surface area contributed by atoms with Gasteiger partial charge in [0.1, 0.15) is 29.5 Å². The molecule has 1 heterocycles. The third kappa shape index (κ3) is 3.56. The number of hydrogen-bond acceptors (Lipinski definition) is 11. The third-order valence-corrected chi connectivity index (χ3v) is 12.9. The van der Waals surface area contributed by atoms with Crippen LogP contribution in [0.2, 0.25) is 0 Å². The van der Waals surface area contributed by atoms with Gasteiger partial charge >= 0.3 is 5.97 Å². The van der Waals surface area contributed by atoms with Crippen LogP contribution in [0.1, 0.15) is 30.1 Å². The molecule has 1 aromatic rings. The first-order valence-corrected chi connectivity index (χ1v) is 15.5. The molecule has 7 bridgehead atoms. The second-order valence-corrected chi connectivity index (χ2v) is 13.9. The number of ether oxygens (including phenoxy) is 5. The molecule has 1 spiro atoms. The summed E-state index contributed by atoms with van der Waals surface area (Å²) in [5.41, 5.74) is -4.81. The Bertz CT molecular complexity index is 1260. The summed E-state index contributed by atoms with van der Waals surface area (Å²) in [6.45, 7) is 3.46. The van der Waals surface area contributed by atoms with Crippen LogP contribution in [0.25, 0.3) is 0 Å². The molecule has 5 aliphatic carbocycles. The van der Waals surface area contributed by atoms with Crippen molar-refractivity contribution in [2.45, 2.75) is 73.6 Å². The molecule has 0 amide bonds. The fourth-order valence-electron chi connectivity index (χ4n) is 11.9. The Morgan fingerprint density at radius 2 is 1.70 bits per heavy atom. The van der Waals surface area contributed by atoms with E-state index in [-0.39, 0.29) is 42.0 Å². The zero-order valence-corrected chi connectivity index (χ0v) is 27.6. The van der Waals surface area contributed by atoms with Crippen LogP contribution in [-0.2, 0) is 23.7 Å². The van der Waals surface area contributed by atoms with Crippen molar-refractivity contribution in [2.75, 3.05) is 48.1 Å². The van der Waals surface area contributed by atoms with E-state index in [4.69, 9.17) is 23.7 Å². The number of piperidine rings is 1. The van der Waals surface area contributed by atoms with Crippen LogP contribution in [-0.4, -0.2) is 133 Å². The largest absolute Gasteiger partial charge is 0.455 e. The van der Waals surface area contributed by atoms with E-state index in [1.165, 1.54) is 7.11 Å². The van der Waals surface area contributed by atoms with Gasteiger partial charge in [-0.1, -0.05) is 25.1 Å². The molecule has 44 heavy (non-hydrogen) atoms. The van der Waals surface area contributed by atoms with Crippen molar-refractivity contribution in [1.29, 1.82) is 0 Å². The summed E-state index contributed by atoms with van der Waals surface area (Å²) in [5.74, 6) is -2.94. The second-order valence-electron chi connectivity index (χ2n) is 13.9. The highest BCUT2D eigenvalue weighted by Crippen LogP contribution is 2.80. The van der Waals surface area contributed by atoms with Crippen molar-refractivity contribution in [3.8, 4) is 0 Å². The molecule has 7 rings (SSSR count). The number of rotatable bonds is 8. The smallest absolute Gasteiger partial charge is 0.338 e. The van der Waals surface area contributed by atoms with E-state index in [1.54, 1.807) is 51.7 Å². The summed E-state index contributed by atoms with van der Waals surface area (Å²) < 4.78 is 30.5. The highest BCUT2D eigenvalue weighted by molar-refractivity contribution is 8.93. The molecule has 12 heteroatoms. The number of esters is 1. The summed E-state index contributed by atoms with van der Waals surface area (Å²) >= 11 is 0. The third-order valence-electron chi connectivity index (χ3n) is 12.9. The van der Waals surface area contributed by atoms with E-state index >= 15 is 0 Å². The number of hydrogen-bond donors (Lipinski definition) is 4. The Morgan fingerprint density at radius 3 is 2.30 bits per heavy atom. The number of benzene rings is 1. The lowest BCUT2D eigenvalue weighted by molar-refractivity contribution is -0.320. The predicted molar refractivity (Wildman–Crippen MR) is 161 cm³/mol. The maximum atomic E-state index is 13.6. The molecule has 0 aromatic heterocycles. The fraction of sp³-hybridized carbons (Fsp3) is 0.781. The Kier molecular flexibility index (Phi) is 8.13. The fourth-order valence-corrected chi connectivity index (χ4v) is 11.9. The van der Waals surface area contributed by atoms with E-state index in [9.17, 15) is 25.2 Å². The first-order valence-electron chi connectivity index (χ1n) is 15.5. The van der Waals surface area contributed by atoms with Gasteiger partial charge in [0.15, 0.2) is 0 Å². The maximum absolute atomic E-state index is 13.6. The van der Waals surface area contributed by atoms with Gasteiger partial charge in [-0.25, -0.2) is 4.79 Å². The van der Waals surface area contributed by atoms with Gasteiger partial charge in [-0.15, -0.1) is 17.0 Å². The van der Waals surface area contributed by atoms with Crippen LogP contribution in [0.4, 0.5) is 0 Å². The van der Waals surface area contributed by atoms with Gasteiger partial charge < -0.3 is 44.1 Å². The molecule has 0 radical (unpaired) electrons. The Labute approximate surface area is 268 Å². The molecule has 6 aliphatic rings. The predicted octanol–water partition coefficient (Wildman–Crippen LogP) is 0.655. The molecule has 11 nitrogen and oxygen atoms in total. The number of carbonyl (C=O) groups excluding carboxylic acids is 1. The number of methoxy groups -OCH3 is 4. The van der Waals surface area contributed by atoms with Gasteiger partial charge in [-0.3, -0.25) is 4.90 Å².